The number of anilines is 1. The minimum atomic E-state index is -0.259. The zero-order valence-corrected chi connectivity index (χ0v) is 17.5. The molecule has 0 aromatic heterocycles. The lowest BCUT2D eigenvalue weighted by Gasteiger charge is -2.44. The Balaban J connectivity index is 1.27. The summed E-state index contributed by atoms with van der Waals surface area (Å²) in [5.41, 5.74) is 1.63. The van der Waals surface area contributed by atoms with Crippen LogP contribution in [0.3, 0.4) is 0 Å². The van der Waals surface area contributed by atoms with Gasteiger partial charge >= 0.3 is 0 Å². The molecule has 2 aromatic rings. The van der Waals surface area contributed by atoms with Crippen molar-refractivity contribution in [2.24, 2.45) is 0 Å². The average Bonchev–Trinajstić information content (AvgIpc) is 3.22. The zero-order chi connectivity index (χ0) is 20.8. The molecule has 0 aliphatic carbocycles. The van der Waals surface area contributed by atoms with Crippen LogP contribution in [0, 0.1) is 0 Å². The van der Waals surface area contributed by atoms with Gasteiger partial charge in [0.15, 0.2) is 0 Å². The van der Waals surface area contributed by atoms with E-state index in [1.807, 2.05) is 54.6 Å². The Labute approximate surface area is 178 Å². The molecule has 2 saturated heterocycles. The second-order valence-electron chi connectivity index (χ2n) is 8.09. The summed E-state index contributed by atoms with van der Waals surface area (Å²) in [4.78, 5) is 14.7. The van der Waals surface area contributed by atoms with E-state index in [0.717, 1.165) is 56.0 Å². The number of benzene rings is 2. The fourth-order valence-corrected chi connectivity index (χ4v) is 4.47. The lowest BCUT2D eigenvalue weighted by Crippen LogP contribution is -2.58. The van der Waals surface area contributed by atoms with Crippen LogP contribution in [-0.4, -0.2) is 55.9 Å². The molecule has 160 valence electrons. The number of ether oxygens (including phenoxy) is 3. The number of amides is 1. The number of likely N-dealkylation sites (tertiary alicyclic amines) is 1. The van der Waals surface area contributed by atoms with Gasteiger partial charge in [-0.15, -0.1) is 0 Å². The SMILES string of the molecule is CO[C@H]1CCN(CC(=O)Nc2ccc(OCc3ccccc3)cc2)C[C@]12CCCO2. The first kappa shape index (κ1) is 20.8. The summed E-state index contributed by atoms with van der Waals surface area (Å²) < 4.78 is 17.5. The average molecular weight is 411 g/mol. The van der Waals surface area contributed by atoms with Crippen LogP contribution in [0.25, 0.3) is 0 Å². The third-order valence-corrected chi connectivity index (χ3v) is 5.96. The molecule has 2 aromatic carbocycles. The van der Waals surface area contributed by atoms with Crippen molar-refractivity contribution in [1.29, 1.82) is 0 Å². The lowest BCUT2D eigenvalue weighted by atomic mass is 9.87. The summed E-state index contributed by atoms with van der Waals surface area (Å²) in [6, 6.07) is 17.5. The normalized spacial score (nSPS) is 24.1. The number of rotatable bonds is 7. The van der Waals surface area contributed by atoms with Crippen LogP contribution in [-0.2, 0) is 20.9 Å². The molecule has 2 heterocycles. The number of hydrogen-bond acceptors (Lipinski definition) is 5. The van der Waals surface area contributed by atoms with Crippen LogP contribution in [0.15, 0.2) is 54.6 Å². The van der Waals surface area contributed by atoms with Crippen molar-refractivity contribution in [3.05, 3.63) is 60.2 Å². The topological polar surface area (TPSA) is 60.0 Å². The fourth-order valence-electron chi connectivity index (χ4n) is 4.47. The molecule has 30 heavy (non-hydrogen) atoms. The Morgan fingerprint density at radius 1 is 1.20 bits per heavy atom. The molecule has 0 unspecified atom stereocenters. The van der Waals surface area contributed by atoms with Gasteiger partial charge in [-0.05, 0) is 49.1 Å². The molecule has 0 bridgehead atoms. The second-order valence-corrected chi connectivity index (χ2v) is 8.09. The number of carbonyl (C=O) groups excluding carboxylic acids is 1. The number of carbonyl (C=O) groups is 1. The van der Waals surface area contributed by atoms with Gasteiger partial charge in [0.25, 0.3) is 0 Å². The molecular weight excluding hydrogens is 380 g/mol. The number of nitrogens with one attached hydrogen (secondary N) is 1. The minimum absolute atomic E-state index is 0.0167. The van der Waals surface area contributed by atoms with E-state index in [0.29, 0.717) is 13.2 Å². The summed E-state index contributed by atoms with van der Waals surface area (Å²) in [7, 11) is 1.75. The van der Waals surface area contributed by atoms with E-state index in [2.05, 4.69) is 10.2 Å². The maximum atomic E-state index is 12.6. The van der Waals surface area contributed by atoms with Gasteiger partial charge in [-0.25, -0.2) is 0 Å². The van der Waals surface area contributed by atoms with Crippen LogP contribution in [0.4, 0.5) is 5.69 Å². The van der Waals surface area contributed by atoms with Crippen molar-refractivity contribution in [1.82, 2.24) is 4.90 Å². The molecule has 2 aliphatic rings. The summed E-state index contributed by atoms with van der Waals surface area (Å²) in [6.07, 6.45) is 3.05. The Kier molecular flexibility index (Phi) is 6.67. The Bertz CT molecular complexity index is 819. The van der Waals surface area contributed by atoms with E-state index in [-0.39, 0.29) is 17.6 Å². The summed E-state index contributed by atoms with van der Waals surface area (Å²) in [5, 5.41) is 2.99. The monoisotopic (exact) mass is 410 g/mol. The minimum Gasteiger partial charge on any atom is -0.489 e. The van der Waals surface area contributed by atoms with E-state index in [1.165, 1.54) is 0 Å². The summed E-state index contributed by atoms with van der Waals surface area (Å²) >= 11 is 0. The van der Waals surface area contributed by atoms with Gasteiger partial charge in [-0.2, -0.15) is 0 Å². The predicted octanol–water partition coefficient (Wildman–Crippen LogP) is 3.47. The predicted molar refractivity (Wildman–Crippen MR) is 116 cm³/mol. The molecule has 4 rings (SSSR count). The molecule has 0 radical (unpaired) electrons. The van der Waals surface area contributed by atoms with E-state index in [9.17, 15) is 4.79 Å². The van der Waals surface area contributed by atoms with Crippen molar-refractivity contribution in [2.75, 3.05) is 38.7 Å². The van der Waals surface area contributed by atoms with Gasteiger partial charge in [-0.3, -0.25) is 9.69 Å². The molecule has 2 aliphatic heterocycles. The Morgan fingerprint density at radius 2 is 2.00 bits per heavy atom. The first-order valence-corrected chi connectivity index (χ1v) is 10.6. The highest BCUT2D eigenvalue weighted by molar-refractivity contribution is 5.92. The largest absolute Gasteiger partial charge is 0.489 e. The molecular formula is C24H30N2O4. The van der Waals surface area contributed by atoms with Gasteiger partial charge < -0.3 is 19.5 Å². The molecule has 2 fully saturated rings. The van der Waals surface area contributed by atoms with Crippen LogP contribution in [0.2, 0.25) is 0 Å². The molecule has 1 spiro atoms. The van der Waals surface area contributed by atoms with Crippen LogP contribution in [0.5, 0.6) is 5.75 Å². The highest BCUT2D eigenvalue weighted by Gasteiger charge is 2.47. The maximum absolute atomic E-state index is 12.6. The van der Waals surface area contributed by atoms with Crippen molar-refractivity contribution in [3.8, 4) is 5.75 Å². The quantitative estimate of drug-likeness (QED) is 0.757. The highest BCUT2D eigenvalue weighted by atomic mass is 16.6. The molecule has 1 amide bonds. The van der Waals surface area contributed by atoms with Crippen molar-refractivity contribution in [2.45, 2.75) is 37.6 Å². The molecule has 6 nitrogen and oxygen atoms in total. The van der Waals surface area contributed by atoms with Crippen LogP contribution >= 0.6 is 0 Å². The maximum Gasteiger partial charge on any atom is 0.238 e. The lowest BCUT2D eigenvalue weighted by molar-refractivity contribution is -0.146. The third kappa shape index (κ3) is 5.01. The second kappa shape index (κ2) is 9.60. The van der Waals surface area contributed by atoms with Gasteiger partial charge in [0.05, 0.1) is 12.6 Å². The van der Waals surface area contributed by atoms with Crippen molar-refractivity contribution in [3.63, 3.8) is 0 Å². The molecule has 6 heteroatoms. The van der Waals surface area contributed by atoms with Gasteiger partial charge in [0.2, 0.25) is 5.91 Å². The van der Waals surface area contributed by atoms with Gasteiger partial charge in [0.1, 0.15) is 18.0 Å². The first-order chi connectivity index (χ1) is 14.7. The van der Waals surface area contributed by atoms with E-state index >= 15 is 0 Å². The Morgan fingerprint density at radius 3 is 2.70 bits per heavy atom. The van der Waals surface area contributed by atoms with Gasteiger partial charge in [0, 0.05) is 32.5 Å². The van der Waals surface area contributed by atoms with Gasteiger partial charge in [-0.1, -0.05) is 30.3 Å². The number of methoxy groups -OCH3 is 1. The van der Waals surface area contributed by atoms with E-state index in [1.54, 1.807) is 7.11 Å². The summed E-state index contributed by atoms with van der Waals surface area (Å²) in [5.74, 6) is 0.760. The summed E-state index contributed by atoms with van der Waals surface area (Å²) in [6.45, 7) is 3.23. The first-order valence-electron chi connectivity index (χ1n) is 10.6. The number of hydrogen-bond donors (Lipinski definition) is 1. The van der Waals surface area contributed by atoms with Crippen LogP contribution < -0.4 is 10.1 Å². The molecule has 2 atom stereocenters. The fraction of sp³-hybridized carbons (Fsp3) is 0.458. The molecule has 0 saturated carbocycles. The van der Waals surface area contributed by atoms with E-state index in [4.69, 9.17) is 14.2 Å². The standard InChI is InChI=1S/C24H30N2O4/c1-28-22-12-14-26(18-24(22)13-5-15-30-24)16-23(27)25-20-8-10-21(11-9-20)29-17-19-6-3-2-4-7-19/h2-4,6-11,22H,5,12-18H2,1H3,(H,25,27)/t22-,24+/m0/s1. The van der Waals surface area contributed by atoms with Crippen LogP contribution in [0.1, 0.15) is 24.8 Å². The Hall–Kier alpha value is -2.41. The number of nitrogens with zero attached hydrogens (tertiary/aromatic N) is 1. The van der Waals surface area contributed by atoms with Crippen molar-refractivity contribution >= 4 is 11.6 Å². The zero-order valence-electron chi connectivity index (χ0n) is 17.5. The van der Waals surface area contributed by atoms with Crippen molar-refractivity contribution < 1.29 is 19.0 Å². The van der Waals surface area contributed by atoms with E-state index < -0.39 is 0 Å². The molecule has 1 N–H and O–H groups in total. The third-order valence-electron chi connectivity index (χ3n) is 5.96. The number of piperidine rings is 1. The smallest absolute Gasteiger partial charge is 0.238 e. The highest BCUT2D eigenvalue weighted by Crippen LogP contribution is 2.36.